The van der Waals surface area contributed by atoms with Gasteiger partial charge in [-0.1, -0.05) is 309 Å². The zero-order valence-electron chi connectivity index (χ0n) is 47.5. The Kier molecular flexibility index (Phi) is 59.0. The largest absolute Gasteiger partial charge is 0.466 e. The van der Waals surface area contributed by atoms with Crippen molar-refractivity contribution in [2.75, 3.05) is 13.2 Å². The fourth-order valence-electron chi connectivity index (χ4n) is 10.2. The van der Waals surface area contributed by atoms with E-state index in [1.807, 2.05) is 0 Å². The summed E-state index contributed by atoms with van der Waals surface area (Å²) in [5.74, 6) is -0.0643. The van der Waals surface area contributed by atoms with Crippen LogP contribution in [0.2, 0.25) is 0 Å². The van der Waals surface area contributed by atoms with Gasteiger partial charge < -0.3 is 20.3 Å². The highest BCUT2D eigenvalue weighted by Gasteiger charge is 2.20. The van der Waals surface area contributed by atoms with E-state index in [0.717, 1.165) is 57.8 Å². The molecule has 2 unspecified atom stereocenters. The molecule has 0 aromatic carbocycles. The summed E-state index contributed by atoms with van der Waals surface area (Å²) in [5, 5.41) is 23.4. The van der Waals surface area contributed by atoms with Crippen LogP contribution in [0.1, 0.15) is 361 Å². The summed E-state index contributed by atoms with van der Waals surface area (Å²) in [4.78, 5) is 24.6. The van der Waals surface area contributed by atoms with Crippen molar-refractivity contribution < 1.29 is 24.5 Å². The van der Waals surface area contributed by atoms with Gasteiger partial charge in [0.2, 0.25) is 5.91 Å². The molecule has 416 valence electrons. The van der Waals surface area contributed by atoms with Crippen LogP contribution in [0.4, 0.5) is 0 Å². The predicted octanol–water partition coefficient (Wildman–Crippen LogP) is 20.0. The zero-order valence-corrected chi connectivity index (χ0v) is 47.5. The number of ether oxygens (including phenoxy) is 1. The van der Waals surface area contributed by atoms with Crippen molar-refractivity contribution in [3.8, 4) is 0 Å². The third-order valence-corrected chi connectivity index (χ3v) is 15.1. The van der Waals surface area contributed by atoms with Crippen molar-refractivity contribution >= 4 is 11.9 Å². The molecule has 0 aliphatic rings. The first-order valence-electron chi connectivity index (χ1n) is 31.9. The van der Waals surface area contributed by atoms with Crippen LogP contribution in [0.25, 0.3) is 0 Å². The van der Waals surface area contributed by atoms with E-state index in [0.29, 0.717) is 25.9 Å². The molecule has 6 heteroatoms. The highest BCUT2D eigenvalue weighted by atomic mass is 16.5. The smallest absolute Gasteiger partial charge is 0.305 e. The highest BCUT2D eigenvalue weighted by molar-refractivity contribution is 5.76. The van der Waals surface area contributed by atoms with Gasteiger partial charge in [0, 0.05) is 12.8 Å². The number of carbonyl (C=O) groups excluding carboxylic acids is 2. The Morgan fingerprint density at radius 2 is 0.671 bits per heavy atom. The van der Waals surface area contributed by atoms with Gasteiger partial charge in [-0.15, -0.1) is 0 Å². The molecule has 0 heterocycles. The van der Waals surface area contributed by atoms with E-state index in [9.17, 15) is 19.8 Å². The van der Waals surface area contributed by atoms with Gasteiger partial charge in [-0.05, 0) is 51.4 Å². The lowest BCUT2D eigenvalue weighted by molar-refractivity contribution is -0.143. The van der Waals surface area contributed by atoms with E-state index in [-0.39, 0.29) is 18.5 Å². The molecule has 0 rings (SSSR count). The standard InChI is InChI=1S/C64H125NO5/c1-3-5-7-9-11-13-15-17-19-21-23-24-25-26-27-28-29-31-33-36-40-44-48-52-56-62(67)61(60-66)65-63(68)57-53-49-45-41-37-35-39-43-47-51-55-59-70-64(69)58-54-50-46-42-38-34-32-30-22-20-18-16-14-12-10-8-6-4-2/h20,22,61-62,66-67H,3-19,21,23-60H2,1-2H3,(H,65,68)/b22-20-. The molecule has 0 radical (unpaired) electrons. The molecule has 0 saturated heterocycles. The van der Waals surface area contributed by atoms with Crippen LogP contribution in [0.5, 0.6) is 0 Å². The van der Waals surface area contributed by atoms with E-state index in [2.05, 4.69) is 31.3 Å². The minimum Gasteiger partial charge on any atom is -0.466 e. The Hall–Kier alpha value is -1.40. The van der Waals surface area contributed by atoms with Crippen molar-refractivity contribution in [1.29, 1.82) is 0 Å². The lowest BCUT2D eigenvalue weighted by atomic mass is 10.0. The molecule has 0 aromatic rings. The number of hydrogen-bond acceptors (Lipinski definition) is 5. The summed E-state index contributed by atoms with van der Waals surface area (Å²) in [7, 11) is 0. The van der Waals surface area contributed by atoms with Crippen LogP contribution in [0, 0.1) is 0 Å². The number of aliphatic hydroxyl groups excluding tert-OH is 2. The van der Waals surface area contributed by atoms with Crippen LogP contribution >= 0.6 is 0 Å². The number of allylic oxidation sites excluding steroid dienone is 2. The van der Waals surface area contributed by atoms with Crippen LogP contribution in [0.15, 0.2) is 12.2 Å². The molecule has 0 aromatic heterocycles. The zero-order chi connectivity index (χ0) is 50.7. The maximum atomic E-state index is 12.5. The molecular formula is C64H125NO5. The summed E-state index contributed by atoms with van der Waals surface area (Å²) in [6.07, 6.45) is 72.2. The van der Waals surface area contributed by atoms with Crippen molar-refractivity contribution in [2.24, 2.45) is 0 Å². The molecule has 0 bridgehead atoms. The van der Waals surface area contributed by atoms with Crippen LogP contribution < -0.4 is 5.32 Å². The number of nitrogens with one attached hydrogen (secondary N) is 1. The second-order valence-electron chi connectivity index (χ2n) is 22.1. The lowest BCUT2D eigenvalue weighted by Gasteiger charge is -2.22. The van der Waals surface area contributed by atoms with E-state index >= 15 is 0 Å². The Morgan fingerprint density at radius 1 is 0.386 bits per heavy atom. The molecule has 2 atom stereocenters. The minimum absolute atomic E-state index is 0.0149. The average Bonchev–Trinajstić information content (AvgIpc) is 3.36. The van der Waals surface area contributed by atoms with Crippen molar-refractivity contribution in [2.45, 2.75) is 373 Å². The summed E-state index contributed by atoms with van der Waals surface area (Å²) in [6, 6.07) is -0.557. The number of unbranched alkanes of at least 4 members (excludes halogenated alkanes) is 47. The fraction of sp³-hybridized carbons (Fsp3) is 0.938. The SMILES string of the molecule is CCCCCCCCC/C=C\CCCCCCCCCC(=O)OCCCCCCCCCCCCCC(=O)NC(CO)C(O)CCCCCCCCCCCCCCCCCCCCCCCCCC. The van der Waals surface area contributed by atoms with Crippen molar-refractivity contribution in [1.82, 2.24) is 5.32 Å². The molecule has 1 amide bonds. The number of carbonyl (C=O) groups is 2. The van der Waals surface area contributed by atoms with Gasteiger partial charge in [0.15, 0.2) is 0 Å². The molecule has 70 heavy (non-hydrogen) atoms. The lowest BCUT2D eigenvalue weighted by Crippen LogP contribution is -2.45. The summed E-state index contributed by atoms with van der Waals surface area (Å²) in [6.45, 7) is 4.94. The molecule has 0 aliphatic heterocycles. The molecule has 0 saturated carbocycles. The van der Waals surface area contributed by atoms with Crippen LogP contribution in [-0.2, 0) is 14.3 Å². The monoisotopic (exact) mass is 988 g/mol. The van der Waals surface area contributed by atoms with Gasteiger partial charge in [-0.3, -0.25) is 9.59 Å². The second kappa shape index (κ2) is 60.2. The maximum absolute atomic E-state index is 12.5. The van der Waals surface area contributed by atoms with Gasteiger partial charge in [-0.2, -0.15) is 0 Å². The van der Waals surface area contributed by atoms with Crippen LogP contribution in [-0.4, -0.2) is 47.4 Å². The first-order valence-corrected chi connectivity index (χ1v) is 31.9. The molecule has 0 fully saturated rings. The number of aliphatic hydroxyl groups is 2. The fourth-order valence-corrected chi connectivity index (χ4v) is 10.2. The van der Waals surface area contributed by atoms with E-state index < -0.39 is 12.1 Å². The van der Waals surface area contributed by atoms with Crippen LogP contribution in [0.3, 0.4) is 0 Å². The minimum atomic E-state index is -0.678. The summed E-state index contributed by atoms with van der Waals surface area (Å²) in [5.41, 5.74) is 0. The quantitative estimate of drug-likeness (QED) is 0.0321. The Morgan fingerprint density at radius 3 is 1.01 bits per heavy atom. The van der Waals surface area contributed by atoms with Gasteiger partial charge in [0.25, 0.3) is 0 Å². The molecule has 0 aliphatic carbocycles. The normalized spacial score (nSPS) is 12.6. The first-order chi connectivity index (χ1) is 34.5. The number of rotatable bonds is 60. The summed E-state index contributed by atoms with van der Waals surface area (Å²) >= 11 is 0. The van der Waals surface area contributed by atoms with Gasteiger partial charge in [-0.25, -0.2) is 0 Å². The molecular weight excluding hydrogens is 863 g/mol. The molecule has 3 N–H and O–H groups in total. The summed E-state index contributed by atoms with van der Waals surface area (Å²) < 4.78 is 5.48. The van der Waals surface area contributed by atoms with Gasteiger partial charge in [0.1, 0.15) is 0 Å². The number of hydrogen-bond donors (Lipinski definition) is 3. The second-order valence-corrected chi connectivity index (χ2v) is 22.1. The Bertz CT molecular complexity index is 1050. The van der Waals surface area contributed by atoms with E-state index in [1.165, 1.54) is 270 Å². The molecule has 0 spiro atoms. The topological polar surface area (TPSA) is 95.9 Å². The third kappa shape index (κ3) is 55.9. The van der Waals surface area contributed by atoms with Gasteiger partial charge >= 0.3 is 5.97 Å². The Labute approximate surface area is 438 Å². The first kappa shape index (κ1) is 68.6. The van der Waals surface area contributed by atoms with Gasteiger partial charge in [0.05, 0.1) is 25.4 Å². The number of esters is 1. The predicted molar refractivity (Wildman–Crippen MR) is 306 cm³/mol. The van der Waals surface area contributed by atoms with E-state index in [4.69, 9.17) is 4.74 Å². The van der Waals surface area contributed by atoms with Crippen molar-refractivity contribution in [3.05, 3.63) is 12.2 Å². The molecule has 6 nitrogen and oxygen atoms in total. The average molecular weight is 989 g/mol. The third-order valence-electron chi connectivity index (χ3n) is 15.1. The van der Waals surface area contributed by atoms with Crippen molar-refractivity contribution in [3.63, 3.8) is 0 Å². The highest BCUT2D eigenvalue weighted by Crippen LogP contribution is 2.18. The maximum Gasteiger partial charge on any atom is 0.305 e. The van der Waals surface area contributed by atoms with E-state index in [1.54, 1.807) is 0 Å². The Balaban J connectivity index is 3.44. The number of amides is 1.